The molecule has 2 aromatic carbocycles. The van der Waals surface area contributed by atoms with Gasteiger partial charge in [0.05, 0.1) is 12.7 Å². The molecule has 0 radical (unpaired) electrons. The molecular weight excluding hydrogens is 407 g/mol. The van der Waals surface area contributed by atoms with Gasteiger partial charge in [-0.25, -0.2) is 15.0 Å². The van der Waals surface area contributed by atoms with Crippen LogP contribution in [0.3, 0.4) is 0 Å². The van der Waals surface area contributed by atoms with Crippen LogP contribution in [0.5, 0.6) is 5.75 Å². The van der Waals surface area contributed by atoms with Crippen LogP contribution in [-0.2, 0) is 12.7 Å². The molecule has 0 fully saturated rings. The van der Waals surface area contributed by atoms with Crippen molar-refractivity contribution < 1.29 is 17.9 Å². The number of nitrogens with zero attached hydrogens (tertiary/aromatic N) is 3. The zero-order valence-corrected chi connectivity index (χ0v) is 16.4. The van der Waals surface area contributed by atoms with Crippen LogP contribution in [0.15, 0.2) is 54.9 Å². The van der Waals surface area contributed by atoms with Crippen LogP contribution in [0.1, 0.15) is 22.5 Å². The van der Waals surface area contributed by atoms with E-state index >= 15 is 0 Å². The average molecular weight is 425 g/mol. The van der Waals surface area contributed by atoms with Crippen LogP contribution in [0.25, 0.3) is 23.3 Å². The van der Waals surface area contributed by atoms with Gasteiger partial charge in [0.25, 0.3) is 0 Å². The fraction of sp³-hybridized carbons (Fsp3) is 0.136. The predicted octanol–water partition coefficient (Wildman–Crippen LogP) is 5.16. The molecule has 2 aromatic heterocycles. The lowest BCUT2D eigenvalue weighted by atomic mass is 10.1. The number of fused-ring (bicyclic) bond motifs is 1. The molecule has 0 aliphatic carbocycles. The number of H-pyrrole nitrogens is 1. The lowest BCUT2D eigenvalue weighted by Gasteiger charge is -2.07. The first-order valence-corrected chi connectivity index (χ1v) is 9.35. The third-order valence-electron chi connectivity index (χ3n) is 4.60. The number of rotatable bonds is 6. The van der Waals surface area contributed by atoms with E-state index in [0.29, 0.717) is 34.9 Å². The Labute approximate surface area is 175 Å². The maximum atomic E-state index is 12.7. The van der Waals surface area contributed by atoms with Crippen LogP contribution < -0.4 is 10.1 Å². The van der Waals surface area contributed by atoms with Gasteiger partial charge in [0.1, 0.15) is 23.4 Å². The van der Waals surface area contributed by atoms with Gasteiger partial charge < -0.3 is 15.0 Å². The molecule has 0 saturated heterocycles. The zero-order valence-electron chi connectivity index (χ0n) is 16.4. The molecule has 4 rings (SSSR count). The van der Waals surface area contributed by atoms with E-state index in [1.165, 1.54) is 18.5 Å². The van der Waals surface area contributed by atoms with Gasteiger partial charge in [0, 0.05) is 6.54 Å². The van der Waals surface area contributed by atoms with E-state index in [1.54, 1.807) is 19.3 Å². The summed E-state index contributed by atoms with van der Waals surface area (Å²) in [6.45, 7) is 0.547. The summed E-state index contributed by atoms with van der Waals surface area (Å²) in [6.07, 6.45) is 0.422. The van der Waals surface area contributed by atoms with Crippen LogP contribution in [0, 0.1) is 0 Å². The molecule has 0 aliphatic heterocycles. The van der Waals surface area contributed by atoms with Crippen molar-refractivity contribution >= 4 is 29.1 Å². The second kappa shape index (κ2) is 8.47. The quantitative estimate of drug-likeness (QED) is 0.446. The number of alkyl halides is 3. The monoisotopic (exact) mass is 425 g/mol. The molecule has 2 N–H and O–H groups in total. The van der Waals surface area contributed by atoms with Crippen LogP contribution in [-0.4, -0.2) is 27.0 Å². The molecule has 0 spiro atoms. The van der Waals surface area contributed by atoms with Crippen molar-refractivity contribution in [3.05, 3.63) is 77.4 Å². The third kappa shape index (κ3) is 4.82. The second-order valence-electron chi connectivity index (χ2n) is 6.70. The molecule has 0 saturated carbocycles. The highest BCUT2D eigenvalue weighted by Gasteiger charge is 2.29. The Morgan fingerprint density at radius 3 is 2.42 bits per heavy atom. The average Bonchev–Trinajstić information content (AvgIpc) is 3.20. The normalized spacial score (nSPS) is 11.9. The van der Waals surface area contributed by atoms with Gasteiger partial charge in [-0.2, -0.15) is 13.2 Å². The van der Waals surface area contributed by atoms with E-state index in [9.17, 15) is 13.2 Å². The topological polar surface area (TPSA) is 75.7 Å². The highest BCUT2D eigenvalue weighted by atomic mass is 19.4. The van der Waals surface area contributed by atoms with Gasteiger partial charge >= 0.3 is 6.18 Å². The largest absolute Gasteiger partial charge is 0.497 e. The number of hydrogen-bond donors (Lipinski definition) is 2. The van der Waals surface area contributed by atoms with Crippen LogP contribution in [0.4, 0.5) is 19.0 Å². The van der Waals surface area contributed by atoms with E-state index in [2.05, 4.69) is 25.3 Å². The van der Waals surface area contributed by atoms with E-state index in [4.69, 9.17) is 4.74 Å². The Balaban J connectivity index is 1.49. The summed E-state index contributed by atoms with van der Waals surface area (Å²) in [7, 11) is 1.62. The molecule has 9 heteroatoms. The number of imidazole rings is 1. The van der Waals surface area contributed by atoms with Gasteiger partial charge in [-0.15, -0.1) is 0 Å². The summed E-state index contributed by atoms with van der Waals surface area (Å²) in [5.74, 6) is 1.90. The van der Waals surface area contributed by atoms with Crippen molar-refractivity contribution in [2.24, 2.45) is 0 Å². The molecule has 2 heterocycles. The maximum Gasteiger partial charge on any atom is 0.416 e. The highest BCUT2D eigenvalue weighted by molar-refractivity contribution is 5.84. The Hall–Kier alpha value is -3.88. The number of aromatic nitrogens is 4. The first kappa shape index (κ1) is 20.4. The first-order valence-electron chi connectivity index (χ1n) is 9.35. The maximum absolute atomic E-state index is 12.7. The number of benzene rings is 2. The van der Waals surface area contributed by atoms with E-state index in [0.717, 1.165) is 23.4 Å². The van der Waals surface area contributed by atoms with Crippen molar-refractivity contribution in [2.45, 2.75) is 12.7 Å². The Morgan fingerprint density at radius 2 is 1.74 bits per heavy atom. The van der Waals surface area contributed by atoms with Crippen LogP contribution >= 0.6 is 0 Å². The smallest absolute Gasteiger partial charge is 0.416 e. The second-order valence-corrected chi connectivity index (χ2v) is 6.70. The molecule has 0 unspecified atom stereocenters. The van der Waals surface area contributed by atoms with Crippen LogP contribution in [0.2, 0.25) is 0 Å². The zero-order chi connectivity index (χ0) is 21.8. The number of anilines is 1. The summed E-state index contributed by atoms with van der Waals surface area (Å²) >= 11 is 0. The van der Waals surface area contributed by atoms with Crippen molar-refractivity contribution in [3.8, 4) is 5.75 Å². The van der Waals surface area contributed by atoms with E-state index in [1.807, 2.05) is 24.3 Å². The molecule has 158 valence electrons. The predicted molar refractivity (Wildman–Crippen MR) is 112 cm³/mol. The number of aromatic amines is 1. The Morgan fingerprint density at radius 1 is 1.00 bits per heavy atom. The number of halogens is 3. The van der Waals surface area contributed by atoms with Crippen molar-refractivity contribution in [1.82, 2.24) is 19.9 Å². The van der Waals surface area contributed by atoms with Crippen molar-refractivity contribution in [2.75, 3.05) is 12.4 Å². The molecule has 6 nitrogen and oxygen atoms in total. The lowest BCUT2D eigenvalue weighted by Crippen LogP contribution is -2.03. The van der Waals surface area contributed by atoms with Crippen molar-refractivity contribution in [1.29, 1.82) is 0 Å². The van der Waals surface area contributed by atoms with E-state index < -0.39 is 11.7 Å². The van der Waals surface area contributed by atoms with Gasteiger partial charge in [0.2, 0.25) is 0 Å². The van der Waals surface area contributed by atoms with Crippen molar-refractivity contribution in [3.63, 3.8) is 0 Å². The fourth-order valence-corrected chi connectivity index (χ4v) is 2.95. The Bertz CT molecular complexity index is 1200. The number of hydrogen-bond acceptors (Lipinski definition) is 5. The summed E-state index contributed by atoms with van der Waals surface area (Å²) in [5, 5.41) is 3.26. The number of ether oxygens (including phenoxy) is 1. The fourth-order valence-electron chi connectivity index (χ4n) is 2.95. The minimum Gasteiger partial charge on any atom is -0.497 e. The third-order valence-corrected chi connectivity index (χ3v) is 4.60. The number of nitrogens with one attached hydrogen (secondary N) is 2. The SMILES string of the molecule is COc1ccc(CNc2ncnc3nc(/C=C/c4ccc(C(F)(F)F)cc4)[nH]c23)cc1. The summed E-state index contributed by atoms with van der Waals surface area (Å²) in [4.78, 5) is 16.0. The highest BCUT2D eigenvalue weighted by Crippen LogP contribution is 2.29. The molecule has 0 amide bonds. The lowest BCUT2D eigenvalue weighted by molar-refractivity contribution is -0.137. The summed E-state index contributed by atoms with van der Waals surface area (Å²) in [6, 6.07) is 12.6. The molecule has 0 atom stereocenters. The van der Waals surface area contributed by atoms with Gasteiger partial charge in [0.15, 0.2) is 11.5 Å². The molecule has 4 aromatic rings. The molecule has 0 aliphatic rings. The summed E-state index contributed by atoms with van der Waals surface area (Å²) < 4.78 is 43.2. The standard InChI is InChI=1S/C22H18F3N5O/c1-31-17-9-4-15(5-10-17)12-26-20-19-21(28-13-27-20)30-18(29-19)11-6-14-2-7-16(8-3-14)22(23,24)25/h2-11,13H,12H2,1H3,(H2,26,27,28,29,30)/b11-6+. The molecule has 31 heavy (non-hydrogen) atoms. The van der Waals surface area contributed by atoms with Gasteiger partial charge in [-0.1, -0.05) is 30.3 Å². The number of methoxy groups -OCH3 is 1. The Kier molecular flexibility index (Phi) is 5.57. The van der Waals surface area contributed by atoms with Gasteiger partial charge in [-0.05, 0) is 41.5 Å². The van der Waals surface area contributed by atoms with Gasteiger partial charge in [-0.3, -0.25) is 0 Å². The minimum absolute atomic E-state index is 0.485. The molecular formula is C22H18F3N5O. The first-order chi connectivity index (χ1) is 14.9. The van der Waals surface area contributed by atoms with E-state index in [-0.39, 0.29) is 0 Å². The summed E-state index contributed by atoms with van der Waals surface area (Å²) in [5.41, 5.74) is 2.12. The minimum atomic E-state index is -4.35. The molecule has 0 bridgehead atoms.